The van der Waals surface area contributed by atoms with Crippen LogP contribution in [0.5, 0.6) is 5.75 Å². The monoisotopic (exact) mass is 285 g/mol. The number of nitrogens with two attached hydrogens (primary N) is 1. The van der Waals surface area contributed by atoms with E-state index in [1.807, 2.05) is 16.9 Å². The van der Waals surface area contributed by atoms with E-state index in [-0.39, 0.29) is 6.04 Å². The first-order valence-corrected chi connectivity index (χ1v) is 7.72. The molecule has 4 heteroatoms. The normalized spacial score (nSPS) is 16.3. The van der Waals surface area contributed by atoms with Crippen LogP contribution >= 0.6 is 0 Å². The predicted octanol–water partition coefficient (Wildman–Crippen LogP) is 3.03. The molecule has 0 bridgehead atoms. The Balaban J connectivity index is 1.71. The van der Waals surface area contributed by atoms with Crippen molar-refractivity contribution in [1.29, 1.82) is 0 Å². The first kappa shape index (κ1) is 14.1. The summed E-state index contributed by atoms with van der Waals surface area (Å²) in [6.07, 6.45) is 4.88. The second-order valence-corrected chi connectivity index (χ2v) is 5.82. The fourth-order valence-corrected chi connectivity index (χ4v) is 2.70. The van der Waals surface area contributed by atoms with Gasteiger partial charge in [-0.05, 0) is 36.6 Å². The van der Waals surface area contributed by atoms with E-state index < -0.39 is 0 Å². The molecule has 1 aliphatic heterocycles. The maximum atomic E-state index is 6.35. The van der Waals surface area contributed by atoms with Crippen molar-refractivity contribution >= 4 is 0 Å². The van der Waals surface area contributed by atoms with Gasteiger partial charge in [-0.1, -0.05) is 19.1 Å². The quantitative estimate of drug-likeness (QED) is 0.918. The van der Waals surface area contributed by atoms with Crippen LogP contribution < -0.4 is 10.5 Å². The molecule has 0 fully saturated rings. The molecule has 2 N–H and O–H groups in total. The van der Waals surface area contributed by atoms with Crippen molar-refractivity contribution in [3.05, 3.63) is 47.3 Å². The highest BCUT2D eigenvalue weighted by Gasteiger charge is 2.16. The molecular weight excluding hydrogens is 262 g/mol. The Kier molecular flexibility index (Phi) is 3.97. The lowest BCUT2D eigenvalue weighted by Gasteiger charge is -2.12. The maximum absolute atomic E-state index is 6.35. The number of fused-ring (bicyclic) bond motifs is 1. The van der Waals surface area contributed by atoms with E-state index in [4.69, 9.17) is 10.5 Å². The van der Waals surface area contributed by atoms with Crippen LogP contribution in [0.3, 0.4) is 0 Å². The van der Waals surface area contributed by atoms with Crippen LogP contribution in [0.25, 0.3) is 0 Å². The van der Waals surface area contributed by atoms with Crippen LogP contribution in [-0.4, -0.2) is 16.4 Å². The van der Waals surface area contributed by atoms with Gasteiger partial charge in [0, 0.05) is 31.1 Å². The molecular formula is C17H23N3O. The van der Waals surface area contributed by atoms with E-state index in [0.29, 0.717) is 6.04 Å². The molecule has 21 heavy (non-hydrogen) atoms. The van der Waals surface area contributed by atoms with Crippen LogP contribution in [-0.2, 0) is 12.8 Å². The van der Waals surface area contributed by atoms with Gasteiger partial charge < -0.3 is 10.5 Å². The molecule has 0 radical (unpaired) electrons. The minimum atomic E-state index is -0.0174. The average Bonchev–Trinajstić information content (AvgIpc) is 3.14. The summed E-state index contributed by atoms with van der Waals surface area (Å²) < 4.78 is 7.56. The summed E-state index contributed by atoms with van der Waals surface area (Å²) in [6.45, 7) is 5.13. The molecule has 3 rings (SSSR count). The summed E-state index contributed by atoms with van der Waals surface area (Å²) >= 11 is 0. The maximum Gasteiger partial charge on any atom is 0.122 e. The van der Waals surface area contributed by atoms with Crippen LogP contribution in [0.15, 0.2) is 30.5 Å². The third kappa shape index (κ3) is 2.95. The van der Waals surface area contributed by atoms with Crippen molar-refractivity contribution in [3.8, 4) is 5.75 Å². The molecule has 1 aromatic carbocycles. The lowest BCUT2D eigenvalue weighted by molar-refractivity contribution is 0.357. The number of aromatic nitrogens is 2. The van der Waals surface area contributed by atoms with Gasteiger partial charge in [0.2, 0.25) is 0 Å². The van der Waals surface area contributed by atoms with E-state index in [1.165, 1.54) is 5.56 Å². The molecule has 2 unspecified atom stereocenters. The van der Waals surface area contributed by atoms with Gasteiger partial charge in [0.1, 0.15) is 5.75 Å². The number of benzene rings is 1. The van der Waals surface area contributed by atoms with Gasteiger partial charge in [-0.25, -0.2) is 0 Å². The highest BCUT2D eigenvalue weighted by Crippen LogP contribution is 2.28. The minimum Gasteiger partial charge on any atom is -0.493 e. The molecule has 2 aromatic rings. The van der Waals surface area contributed by atoms with E-state index in [2.05, 4.69) is 37.1 Å². The zero-order valence-electron chi connectivity index (χ0n) is 12.7. The average molecular weight is 285 g/mol. The molecule has 0 saturated heterocycles. The Bertz CT molecular complexity index is 620. The van der Waals surface area contributed by atoms with Gasteiger partial charge in [-0.2, -0.15) is 5.10 Å². The number of hydrogen-bond donors (Lipinski definition) is 1. The Morgan fingerprint density at radius 2 is 2.24 bits per heavy atom. The zero-order valence-corrected chi connectivity index (χ0v) is 12.7. The molecule has 2 heterocycles. The Labute approximate surface area is 125 Å². The minimum absolute atomic E-state index is 0.0174. The zero-order chi connectivity index (χ0) is 14.8. The van der Waals surface area contributed by atoms with Crippen LogP contribution in [0.4, 0.5) is 0 Å². The van der Waals surface area contributed by atoms with E-state index >= 15 is 0 Å². The van der Waals surface area contributed by atoms with Crippen molar-refractivity contribution < 1.29 is 4.74 Å². The smallest absolute Gasteiger partial charge is 0.122 e. The first-order chi connectivity index (χ1) is 10.2. The van der Waals surface area contributed by atoms with Gasteiger partial charge >= 0.3 is 0 Å². The lowest BCUT2D eigenvalue weighted by atomic mass is 10.00. The molecule has 0 aliphatic carbocycles. The van der Waals surface area contributed by atoms with Gasteiger partial charge in [0.15, 0.2) is 0 Å². The van der Waals surface area contributed by atoms with Gasteiger partial charge in [0.05, 0.1) is 12.3 Å². The fourth-order valence-electron chi connectivity index (χ4n) is 2.70. The highest BCUT2D eigenvalue weighted by molar-refractivity contribution is 5.40. The van der Waals surface area contributed by atoms with Crippen LogP contribution in [0.1, 0.15) is 49.2 Å². The second-order valence-electron chi connectivity index (χ2n) is 5.82. The molecule has 4 nitrogen and oxygen atoms in total. The highest BCUT2D eigenvalue weighted by atomic mass is 16.5. The number of ether oxygens (including phenoxy) is 1. The summed E-state index contributed by atoms with van der Waals surface area (Å²) in [5.74, 6) is 1.01. The van der Waals surface area contributed by atoms with E-state index in [9.17, 15) is 0 Å². The van der Waals surface area contributed by atoms with Crippen molar-refractivity contribution in [3.63, 3.8) is 0 Å². The van der Waals surface area contributed by atoms with Crippen molar-refractivity contribution in [2.75, 3.05) is 6.61 Å². The predicted molar refractivity (Wildman–Crippen MR) is 83.5 cm³/mol. The van der Waals surface area contributed by atoms with Crippen molar-refractivity contribution in [2.45, 2.75) is 45.2 Å². The van der Waals surface area contributed by atoms with Gasteiger partial charge in [0.25, 0.3) is 0 Å². The molecule has 2 atom stereocenters. The summed E-state index contributed by atoms with van der Waals surface area (Å²) in [4.78, 5) is 0. The van der Waals surface area contributed by atoms with Gasteiger partial charge in [-0.3, -0.25) is 4.68 Å². The number of hydrogen-bond acceptors (Lipinski definition) is 3. The third-order valence-electron chi connectivity index (χ3n) is 4.28. The Hall–Kier alpha value is -1.81. The van der Waals surface area contributed by atoms with E-state index in [0.717, 1.165) is 42.9 Å². The van der Waals surface area contributed by atoms with Crippen molar-refractivity contribution in [1.82, 2.24) is 9.78 Å². The molecule has 0 spiro atoms. The van der Waals surface area contributed by atoms with Crippen LogP contribution in [0.2, 0.25) is 0 Å². The van der Waals surface area contributed by atoms with Gasteiger partial charge in [-0.15, -0.1) is 0 Å². The van der Waals surface area contributed by atoms with Crippen LogP contribution in [0, 0.1) is 0 Å². The molecule has 0 saturated carbocycles. The largest absolute Gasteiger partial charge is 0.493 e. The summed E-state index contributed by atoms with van der Waals surface area (Å²) in [5.41, 5.74) is 9.84. The molecule has 1 aliphatic rings. The fraction of sp³-hybridized carbons (Fsp3) is 0.471. The summed E-state index contributed by atoms with van der Waals surface area (Å²) in [7, 11) is 0. The molecule has 1 aromatic heterocycles. The lowest BCUT2D eigenvalue weighted by Crippen LogP contribution is -2.14. The Morgan fingerprint density at radius 3 is 3.05 bits per heavy atom. The Morgan fingerprint density at radius 1 is 1.38 bits per heavy atom. The summed E-state index contributed by atoms with van der Waals surface area (Å²) in [5, 5.41) is 4.63. The number of rotatable bonds is 5. The topological polar surface area (TPSA) is 53.1 Å². The summed E-state index contributed by atoms with van der Waals surface area (Å²) in [6, 6.07) is 8.78. The first-order valence-electron chi connectivity index (χ1n) is 7.72. The third-order valence-corrected chi connectivity index (χ3v) is 4.28. The second kappa shape index (κ2) is 5.90. The molecule has 0 amide bonds. The van der Waals surface area contributed by atoms with E-state index in [1.54, 1.807) is 0 Å². The SMILES string of the molecule is CCC(C)n1ccc(CC(N)c2ccc3c(c2)CCO3)n1. The standard InChI is InChI=1S/C17H23N3O/c1-3-12(2)20-8-6-15(19-20)11-16(18)13-4-5-17-14(10-13)7-9-21-17/h4-6,8,10,12,16H,3,7,9,11,18H2,1-2H3. The molecule has 112 valence electrons. The van der Waals surface area contributed by atoms with Crippen molar-refractivity contribution in [2.24, 2.45) is 5.73 Å². The number of nitrogens with zero attached hydrogens (tertiary/aromatic N) is 2.